The van der Waals surface area contributed by atoms with Gasteiger partial charge in [-0.1, -0.05) is 60.7 Å². The average Bonchev–Trinajstić information content (AvgIpc) is 2.78. The summed E-state index contributed by atoms with van der Waals surface area (Å²) in [6.07, 6.45) is 0. The Balaban J connectivity index is 1.95. The molecule has 154 valence electrons. The van der Waals surface area contributed by atoms with Gasteiger partial charge in [-0.15, -0.1) is 0 Å². The third-order valence-electron chi connectivity index (χ3n) is 4.76. The molecule has 31 heavy (non-hydrogen) atoms. The van der Waals surface area contributed by atoms with Crippen LogP contribution >= 0.6 is 0 Å². The molecule has 0 unspecified atom stereocenters. The zero-order valence-electron chi connectivity index (χ0n) is 16.5. The van der Waals surface area contributed by atoms with Gasteiger partial charge in [0, 0.05) is 24.2 Å². The van der Waals surface area contributed by atoms with Gasteiger partial charge in [0.25, 0.3) is 11.5 Å². The molecule has 1 aromatic heterocycles. The first-order valence-electron chi connectivity index (χ1n) is 9.44. The summed E-state index contributed by atoms with van der Waals surface area (Å²) in [4.78, 5) is 26.2. The molecule has 5 nitrogen and oxygen atoms in total. The molecule has 1 heterocycles. The highest BCUT2D eigenvalue weighted by molar-refractivity contribution is 6.10. The van der Waals surface area contributed by atoms with Gasteiger partial charge < -0.3 is 5.32 Å². The molecule has 0 radical (unpaired) electrons. The van der Waals surface area contributed by atoms with Crippen molar-refractivity contribution in [2.24, 2.45) is 7.05 Å². The SMILES string of the molecule is Cn1nc(-c2ccccc2)c(-c2ccccc2)c(C(=O)Nc2ccc(F)cc2F)c1=O. The van der Waals surface area contributed by atoms with Crippen LogP contribution in [0, 0.1) is 11.6 Å². The second-order valence-electron chi connectivity index (χ2n) is 6.84. The van der Waals surface area contributed by atoms with Crippen molar-refractivity contribution in [2.45, 2.75) is 0 Å². The number of aromatic nitrogens is 2. The number of carbonyl (C=O) groups excluding carboxylic acids is 1. The summed E-state index contributed by atoms with van der Waals surface area (Å²) in [5.41, 5.74) is 1.01. The van der Waals surface area contributed by atoms with E-state index in [1.807, 2.05) is 36.4 Å². The summed E-state index contributed by atoms with van der Waals surface area (Å²) in [5.74, 6) is -2.53. The van der Waals surface area contributed by atoms with E-state index < -0.39 is 23.1 Å². The Morgan fingerprint density at radius 1 is 0.903 bits per heavy atom. The van der Waals surface area contributed by atoms with E-state index in [-0.39, 0.29) is 11.3 Å². The molecule has 0 fully saturated rings. The lowest BCUT2D eigenvalue weighted by Gasteiger charge is -2.16. The minimum absolute atomic E-state index is 0.189. The lowest BCUT2D eigenvalue weighted by atomic mass is 9.95. The molecule has 4 aromatic rings. The van der Waals surface area contributed by atoms with Crippen LogP contribution in [0.2, 0.25) is 0 Å². The fraction of sp³-hybridized carbons (Fsp3) is 0.0417. The molecular formula is C24H17F2N3O2. The van der Waals surface area contributed by atoms with E-state index in [0.29, 0.717) is 28.5 Å². The molecule has 0 bridgehead atoms. The van der Waals surface area contributed by atoms with Crippen LogP contribution < -0.4 is 10.9 Å². The standard InChI is InChI=1S/C24H17F2N3O2/c1-29-24(31)21(23(30)27-19-13-12-17(25)14-18(19)26)20(15-8-4-2-5-9-15)22(28-29)16-10-6-3-7-11-16/h2-14H,1H3,(H,27,30). The molecule has 7 heteroatoms. The monoisotopic (exact) mass is 417 g/mol. The van der Waals surface area contributed by atoms with Crippen LogP contribution in [0.3, 0.4) is 0 Å². The van der Waals surface area contributed by atoms with E-state index in [2.05, 4.69) is 10.4 Å². The van der Waals surface area contributed by atoms with Crippen molar-refractivity contribution >= 4 is 11.6 Å². The van der Waals surface area contributed by atoms with E-state index in [1.165, 1.54) is 7.05 Å². The Kier molecular flexibility index (Phi) is 5.41. The zero-order valence-corrected chi connectivity index (χ0v) is 16.5. The Hall–Kier alpha value is -4.13. The smallest absolute Gasteiger partial charge is 0.280 e. The minimum Gasteiger partial charge on any atom is -0.319 e. The largest absolute Gasteiger partial charge is 0.319 e. The van der Waals surface area contributed by atoms with Gasteiger partial charge in [-0.3, -0.25) is 9.59 Å². The fourth-order valence-corrected chi connectivity index (χ4v) is 3.30. The maximum atomic E-state index is 14.1. The summed E-state index contributed by atoms with van der Waals surface area (Å²) in [6.45, 7) is 0. The van der Waals surface area contributed by atoms with E-state index in [1.54, 1.807) is 24.3 Å². The van der Waals surface area contributed by atoms with E-state index in [0.717, 1.165) is 16.8 Å². The van der Waals surface area contributed by atoms with Crippen LogP contribution in [0.5, 0.6) is 0 Å². The minimum atomic E-state index is -0.941. The zero-order chi connectivity index (χ0) is 22.0. The number of anilines is 1. The molecule has 0 atom stereocenters. The number of hydrogen-bond acceptors (Lipinski definition) is 3. The number of carbonyl (C=O) groups is 1. The summed E-state index contributed by atoms with van der Waals surface area (Å²) >= 11 is 0. The number of rotatable bonds is 4. The summed E-state index contributed by atoms with van der Waals surface area (Å²) in [5, 5.41) is 6.79. The number of nitrogens with one attached hydrogen (secondary N) is 1. The van der Waals surface area contributed by atoms with Crippen molar-refractivity contribution in [1.29, 1.82) is 0 Å². The van der Waals surface area contributed by atoms with E-state index >= 15 is 0 Å². The highest BCUT2D eigenvalue weighted by Gasteiger charge is 2.25. The van der Waals surface area contributed by atoms with Crippen molar-refractivity contribution < 1.29 is 13.6 Å². The highest BCUT2D eigenvalue weighted by atomic mass is 19.1. The summed E-state index contributed by atoms with van der Waals surface area (Å²) < 4.78 is 28.4. The molecule has 1 amide bonds. The highest BCUT2D eigenvalue weighted by Crippen LogP contribution is 2.32. The Morgan fingerprint density at radius 2 is 1.52 bits per heavy atom. The number of nitrogens with zero attached hydrogens (tertiary/aromatic N) is 2. The van der Waals surface area contributed by atoms with Crippen LogP contribution in [0.1, 0.15) is 10.4 Å². The molecule has 3 aromatic carbocycles. The fourth-order valence-electron chi connectivity index (χ4n) is 3.30. The van der Waals surface area contributed by atoms with Gasteiger partial charge in [-0.05, 0) is 17.7 Å². The normalized spacial score (nSPS) is 10.7. The number of aryl methyl sites for hydroxylation is 1. The first kappa shape index (κ1) is 20.2. The predicted molar refractivity (Wildman–Crippen MR) is 115 cm³/mol. The Morgan fingerprint density at radius 3 is 2.13 bits per heavy atom. The van der Waals surface area contributed by atoms with E-state index in [9.17, 15) is 18.4 Å². The first-order valence-corrected chi connectivity index (χ1v) is 9.44. The van der Waals surface area contributed by atoms with Crippen LogP contribution in [-0.2, 0) is 7.05 Å². The molecule has 0 spiro atoms. The molecular weight excluding hydrogens is 400 g/mol. The molecule has 0 aliphatic carbocycles. The van der Waals surface area contributed by atoms with Gasteiger partial charge in [0.15, 0.2) is 0 Å². The van der Waals surface area contributed by atoms with Gasteiger partial charge in [0.05, 0.1) is 11.4 Å². The van der Waals surface area contributed by atoms with Gasteiger partial charge in [0.1, 0.15) is 17.2 Å². The topological polar surface area (TPSA) is 64.0 Å². The quantitative estimate of drug-likeness (QED) is 0.526. The third-order valence-corrected chi connectivity index (χ3v) is 4.76. The first-order chi connectivity index (χ1) is 15.0. The molecule has 1 N–H and O–H groups in total. The van der Waals surface area contributed by atoms with Gasteiger partial charge in [-0.25, -0.2) is 13.5 Å². The maximum absolute atomic E-state index is 14.1. The van der Waals surface area contributed by atoms with Crippen LogP contribution in [0.25, 0.3) is 22.4 Å². The number of hydrogen-bond donors (Lipinski definition) is 1. The maximum Gasteiger partial charge on any atom is 0.280 e. The second kappa shape index (κ2) is 8.31. The van der Waals surface area contributed by atoms with Crippen molar-refractivity contribution in [3.63, 3.8) is 0 Å². The van der Waals surface area contributed by atoms with Crippen molar-refractivity contribution in [2.75, 3.05) is 5.32 Å². The van der Waals surface area contributed by atoms with Crippen molar-refractivity contribution in [3.8, 4) is 22.4 Å². The summed E-state index contributed by atoms with van der Waals surface area (Å²) in [7, 11) is 1.44. The predicted octanol–water partition coefficient (Wildman–Crippen LogP) is 4.64. The van der Waals surface area contributed by atoms with Crippen LogP contribution in [-0.4, -0.2) is 15.7 Å². The molecule has 0 aliphatic rings. The van der Waals surface area contributed by atoms with Crippen LogP contribution in [0.4, 0.5) is 14.5 Å². The number of amides is 1. The second-order valence-corrected chi connectivity index (χ2v) is 6.84. The molecule has 0 saturated heterocycles. The third kappa shape index (κ3) is 3.98. The van der Waals surface area contributed by atoms with E-state index in [4.69, 9.17) is 0 Å². The molecule has 0 aliphatic heterocycles. The summed E-state index contributed by atoms with van der Waals surface area (Å²) in [6, 6.07) is 20.8. The molecule has 0 saturated carbocycles. The van der Waals surface area contributed by atoms with Crippen molar-refractivity contribution in [3.05, 3.63) is 106 Å². The van der Waals surface area contributed by atoms with Gasteiger partial charge in [-0.2, -0.15) is 5.10 Å². The Labute approximate surface area is 176 Å². The lowest BCUT2D eigenvalue weighted by Crippen LogP contribution is -2.31. The van der Waals surface area contributed by atoms with Gasteiger partial charge in [0.2, 0.25) is 0 Å². The van der Waals surface area contributed by atoms with Gasteiger partial charge >= 0.3 is 0 Å². The van der Waals surface area contributed by atoms with Crippen molar-refractivity contribution in [1.82, 2.24) is 9.78 Å². The molecule has 4 rings (SSSR count). The lowest BCUT2D eigenvalue weighted by molar-refractivity contribution is 0.102. The number of halogens is 2. The Bertz CT molecular complexity index is 1320. The average molecular weight is 417 g/mol. The number of benzene rings is 3. The van der Waals surface area contributed by atoms with Crippen LogP contribution in [0.15, 0.2) is 83.7 Å².